The number of aromatic amines is 1. The van der Waals surface area contributed by atoms with Crippen LogP contribution in [-0.2, 0) is 17.8 Å². The minimum absolute atomic E-state index is 0.476. The molecule has 1 atom stereocenters. The molecule has 5 heteroatoms. The zero-order valence-electron chi connectivity index (χ0n) is 19.2. The van der Waals surface area contributed by atoms with E-state index in [9.17, 15) is 9.90 Å². The Hall–Kier alpha value is -3.57. The molecular weight excluding hydrogens is 424 g/mol. The lowest BCUT2D eigenvalue weighted by atomic mass is 9.89. The van der Waals surface area contributed by atoms with Crippen LogP contribution in [0.5, 0.6) is 5.75 Å². The Morgan fingerprint density at radius 3 is 2.32 bits per heavy atom. The molecular formula is C29H30N2O3. The molecule has 4 aromatic rings. The van der Waals surface area contributed by atoms with Gasteiger partial charge >= 0.3 is 5.97 Å². The van der Waals surface area contributed by atoms with Gasteiger partial charge in [-0.15, -0.1) is 0 Å². The number of carbonyl (C=O) groups is 1. The van der Waals surface area contributed by atoms with Gasteiger partial charge in [-0.25, -0.2) is 0 Å². The van der Waals surface area contributed by atoms with Gasteiger partial charge in [0, 0.05) is 22.7 Å². The van der Waals surface area contributed by atoms with Crippen LogP contribution < -0.4 is 4.74 Å². The van der Waals surface area contributed by atoms with Crippen molar-refractivity contribution in [3.63, 3.8) is 0 Å². The first-order chi connectivity index (χ1) is 16.7. The van der Waals surface area contributed by atoms with E-state index in [1.807, 2.05) is 60.8 Å². The summed E-state index contributed by atoms with van der Waals surface area (Å²) in [6.45, 7) is 2.04. The molecule has 1 aromatic heterocycles. The standard InChI is InChI=1S/C29H30N2O3/c32-29(33)28(31-15-13-22(14-16-31)17-21-7-3-1-4-8-21)26-19-30-27-12-11-24(18-25(26)27)34-20-23-9-5-2-6-10-23/h1-12,18-19,22,28,30H,13-17,20H2,(H,32,33)/t28-/m0/s1. The van der Waals surface area contributed by atoms with Crippen LogP contribution >= 0.6 is 0 Å². The number of hydrogen-bond donors (Lipinski definition) is 2. The predicted molar refractivity (Wildman–Crippen MR) is 134 cm³/mol. The van der Waals surface area contributed by atoms with Gasteiger partial charge in [0.2, 0.25) is 0 Å². The summed E-state index contributed by atoms with van der Waals surface area (Å²) >= 11 is 0. The molecule has 0 amide bonds. The number of hydrogen-bond acceptors (Lipinski definition) is 3. The summed E-state index contributed by atoms with van der Waals surface area (Å²) in [7, 11) is 0. The van der Waals surface area contributed by atoms with Crippen LogP contribution in [0.4, 0.5) is 0 Å². The van der Waals surface area contributed by atoms with Gasteiger partial charge in [0.05, 0.1) is 0 Å². The fraction of sp³-hybridized carbons (Fsp3) is 0.276. The van der Waals surface area contributed by atoms with E-state index < -0.39 is 12.0 Å². The second kappa shape index (κ2) is 10.1. The van der Waals surface area contributed by atoms with E-state index in [-0.39, 0.29) is 0 Å². The predicted octanol–water partition coefficient (Wildman–Crippen LogP) is 5.83. The Kier molecular flexibility index (Phi) is 6.63. The number of fused-ring (bicyclic) bond motifs is 1. The van der Waals surface area contributed by atoms with E-state index >= 15 is 0 Å². The highest BCUT2D eigenvalue weighted by Crippen LogP contribution is 2.34. The SMILES string of the molecule is O=C(O)[C@H](c1c[nH]c2ccc(OCc3ccccc3)cc12)N1CCC(Cc2ccccc2)CC1. The minimum Gasteiger partial charge on any atom is -0.489 e. The van der Waals surface area contributed by atoms with E-state index in [0.717, 1.165) is 60.1 Å². The summed E-state index contributed by atoms with van der Waals surface area (Å²) in [6, 6.07) is 25.8. The van der Waals surface area contributed by atoms with Gasteiger partial charge in [0.15, 0.2) is 0 Å². The second-order valence-electron chi connectivity index (χ2n) is 9.14. The first-order valence-corrected chi connectivity index (χ1v) is 12.0. The summed E-state index contributed by atoms with van der Waals surface area (Å²) in [6.07, 6.45) is 4.92. The fourth-order valence-electron chi connectivity index (χ4n) is 5.03. The molecule has 0 spiro atoms. The number of aliphatic carboxylic acids is 1. The second-order valence-corrected chi connectivity index (χ2v) is 9.14. The van der Waals surface area contributed by atoms with Crippen molar-refractivity contribution in [1.82, 2.24) is 9.88 Å². The number of benzene rings is 3. The van der Waals surface area contributed by atoms with E-state index in [2.05, 4.69) is 34.1 Å². The third-order valence-corrected chi connectivity index (χ3v) is 6.84. The van der Waals surface area contributed by atoms with Crippen molar-refractivity contribution in [3.8, 4) is 5.75 Å². The average Bonchev–Trinajstić information content (AvgIpc) is 3.28. The Balaban J connectivity index is 1.31. The molecule has 34 heavy (non-hydrogen) atoms. The van der Waals surface area contributed by atoms with Crippen molar-refractivity contribution < 1.29 is 14.6 Å². The van der Waals surface area contributed by atoms with Crippen molar-refractivity contribution in [2.24, 2.45) is 5.92 Å². The number of H-pyrrole nitrogens is 1. The number of nitrogens with zero attached hydrogens (tertiary/aromatic N) is 1. The summed E-state index contributed by atoms with van der Waals surface area (Å²) in [5, 5.41) is 11.1. The van der Waals surface area contributed by atoms with Crippen LogP contribution in [0.3, 0.4) is 0 Å². The Bertz CT molecular complexity index is 1230. The van der Waals surface area contributed by atoms with Crippen molar-refractivity contribution in [3.05, 3.63) is 102 Å². The number of aromatic nitrogens is 1. The smallest absolute Gasteiger partial charge is 0.325 e. The highest BCUT2D eigenvalue weighted by atomic mass is 16.5. The molecule has 0 radical (unpaired) electrons. The van der Waals surface area contributed by atoms with E-state index in [4.69, 9.17) is 4.74 Å². The lowest BCUT2D eigenvalue weighted by molar-refractivity contribution is -0.144. The largest absolute Gasteiger partial charge is 0.489 e. The molecule has 5 rings (SSSR count). The summed E-state index contributed by atoms with van der Waals surface area (Å²) in [5.74, 6) is 0.523. The molecule has 3 aromatic carbocycles. The maximum Gasteiger partial charge on any atom is 0.325 e. The quantitative estimate of drug-likeness (QED) is 0.352. The number of ether oxygens (including phenoxy) is 1. The molecule has 1 saturated heterocycles. The van der Waals surface area contributed by atoms with E-state index in [0.29, 0.717) is 12.5 Å². The minimum atomic E-state index is -0.807. The van der Waals surface area contributed by atoms with Gasteiger partial charge < -0.3 is 14.8 Å². The van der Waals surface area contributed by atoms with Crippen LogP contribution in [0.1, 0.15) is 35.6 Å². The number of piperidine rings is 1. The molecule has 0 unspecified atom stereocenters. The van der Waals surface area contributed by atoms with Crippen molar-refractivity contribution >= 4 is 16.9 Å². The molecule has 2 heterocycles. The summed E-state index contributed by atoms with van der Waals surface area (Å²) < 4.78 is 6.01. The highest BCUT2D eigenvalue weighted by Gasteiger charge is 2.32. The molecule has 1 aliphatic rings. The number of likely N-dealkylation sites (tertiary alicyclic amines) is 1. The van der Waals surface area contributed by atoms with Gasteiger partial charge in [-0.05, 0) is 67.6 Å². The van der Waals surface area contributed by atoms with E-state index in [1.165, 1.54) is 5.56 Å². The normalized spacial score (nSPS) is 15.9. The van der Waals surface area contributed by atoms with Gasteiger partial charge in [-0.3, -0.25) is 9.69 Å². The molecule has 0 aliphatic carbocycles. The molecule has 1 fully saturated rings. The number of carboxylic acid groups (broad SMARTS) is 1. The van der Waals surface area contributed by atoms with Crippen LogP contribution in [0.2, 0.25) is 0 Å². The topological polar surface area (TPSA) is 65.6 Å². The Morgan fingerprint density at radius 1 is 0.971 bits per heavy atom. The van der Waals surface area contributed by atoms with E-state index in [1.54, 1.807) is 0 Å². The molecule has 5 nitrogen and oxygen atoms in total. The van der Waals surface area contributed by atoms with Crippen molar-refractivity contribution in [1.29, 1.82) is 0 Å². The van der Waals surface area contributed by atoms with Crippen LogP contribution in [0.25, 0.3) is 10.9 Å². The third kappa shape index (κ3) is 5.00. The first-order valence-electron chi connectivity index (χ1n) is 12.0. The lowest BCUT2D eigenvalue weighted by Crippen LogP contribution is -2.40. The monoisotopic (exact) mass is 454 g/mol. The Labute approximate surface area is 200 Å². The molecule has 2 N–H and O–H groups in total. The number of nitrogens with one attached hydrogen (secondary N) is 1. The number of rotatable bonds is 8. The highest BCUT2D eigenvalue weighted by molar-refractivity contribution is 5.90. The zero-order chi connectivity index (χ0) is 23.3. The fourth-order valence-corrected chi connectivity index (χ4v) is 5.03. The molecule has 0 saturated carbocycles. The van der Waals surface area contributed by atoms with Crippen LogP contribution in [-0.4, -0.2) is 34.0 Å². The van der Waals surface area contributed by atoms with Gasteiger partial charge in [0.1, 0.15) is 18.4 Å². The van der Waals surface area contributed by atoms with Crippen molar-refractivity contribution in [2.45, 2.75) is 31.9 Å². The number of carboxylic acids is 1. The summed E-state index contributed by atoms with van der Waals surface area (Å²) in [5.41, 5.74) is 4.18. The third-order valence-electron chi connectivity index (χ3n) is 6.84. The van der Waals surface area contributed by atoms with Crippen molar-refractivity contribution in [2.75, 3.05) is 13.1 Å². The molecule has 1 aliphatic heterocycles. The van der Waals surface area contributed by atoms with Crippen LogP contribution in [0, 0.1) is 5.92 Å². The first kappa shape index (κ1) is 22.2. The zero-order valence-corrected chi connectivity index (χ0v) is 19.2. The van der Waals surface area contributed by atoms with Gasteiger partial charge in [0.25, 0.3) is 0 Å². The lowest BCUT2D eigenvalue weighted by Gasteiger charge is -2.35. The maximum atomic E-state index is 12.4. The maximum absolute atomic E-state index is 12.4. The van der Waals surface area contributed by atoms with Gasteiger partial charge in [-0.1, -0.05) is 60.7 Å². The molecule has 174 valence electrons. The molecule has 0 bridgehead atoms. The van der Waals surface area contributed by atoms with Crippen LogP contribution in [0.15, 0.2) is 85.1 Å². The summed E-state index contributed by atoms with van der Waals surface area (Å²) in [4.78, 5) is 17.8. The van der Waals surface area contributed by atoms with Gasteiger partial charge in [-0.2, -0.15) is 0 Å². The Morgan fingerprint density at radius 2 is 1.65 bits per heavy atom. The average molecular weight is 455 g/mol.